The van der Waals surface area contributed by atoms with Gasteiger partial charge in [-0.2, -0.15) is 0 Å². The Bertz CT molecular complexity index is 1260. The van der Waals surface area contributed by atoms with Crippen LogP contribution in [0.1, 0.15) is 23.5 Å². The van der Waals surface area contributed by atoms with Crippen LogP contribution in [-0.2, 0) is 16.0 Å². The average molecular weight is 420 g/mol. The maximum Gasteiger partial charge on any atom is 0.345 e. The van der Waals surface area contributed by atoms with E-state index in [0.717, 1.165) is 32.1 Å². The number of aliphatic carboxylic acids is 1. The molecule has 1 saturated heterocycles. The standard InChI is InChI=1S/C23H21N3O3S/c27-21(11-14-12-24-19-7-3-1-5-15(14)19)26-23(22(28)29)18(9-10-25-23)17-13-30-20-8-4-2-6-16(17)20/h1-8,12-13,18,24-25H,9-11H2,(H,26,27)(H,28,29)/t18?,23-/m1/s1. The Morgan fingerprint density at radius 3 is 2.73 bits per heavy atom. The molecular weight excluding hydrogens is 398 g/mol. The van der Waals surface area contributed by atoms with Crippen molar-refractivity contribution in [2.24, 2.45) is 0 Å². The summed E-state index contributed by atoms with van der Waals surface area (Å²) in [7, 11) is 0. The predicted octanol–water partition coefficient (Wildman–Crippen LogP) is 3.60. The fourth-order valence-corrected chi connectivity index (χ4v) is 5.55. The second kappa shape index (κ2) is 7.27. The summed E-state index contributed by atoms with van der Waals surface area (Å²) in [5.41, 5.74) is 1.25. The molecule has 6 nitrogen and oxygen atoms in total. The summed E-state index contributed by atoms with van der Waals surface area (Å²) in [6.07, 6.45) is 2.56. The fourth-order valence-electron chi connectivity index (χ4n) is 4.53. The highest BCUT2D eigenvalue weighted by Gasteiger charge is 2.51. The zero-order valence-electron chi connectivity index (χ0n) is 16.1. The number of fused-ring (bicyclic) bond motifs is 2. The zero-order chi connectivity index (χ0) is 20.7. The molecule has 1 aliphatic rings. The summed E-state index contributed by atoms with van der Waals surface area (Å²) in [6.45, 7) is 0.522. The maximum atomic E-state index is 13.0. The minimum Gasteiger partial charge on any atom is -0.478 e. The van der Waals surface area contributed by atoms with Gasteiger partial charge in [0, 0.05) is 27.7 Å². The first kappa shape index (κ1) is 18.8. The van der Waals surface area contributed by atoms with Crippen molar-refractivity contribution in [3.63, 3.8) is 0 Å². The maximum absolute atomic E-state index is 13.0. The lowest BCUT2D eigenvalue weighted by molar-refractivity contribution is -0.149. The highest BCUT2D eigenvalue weighted by atomic mass is 32.1. The van der Waals surface area contributed by atoms with Crippen LogP contribution in [0.3, 0.4) is 0 Å². The van der Waals surface area contributed by atoms with Crippen LogP contribution in [-0.4, -0.2) is 34.2 Å². The van der Waals surface area contributed by atoms with Gasteiger partial charge in [-0.25, -0.2) is 4.79 Å². The third-order valence-corrected chi connectivity index (χ3v) is 6.93. The number of carbonyl (C=O) groups excluding carboxylic acids is 1. The third-order valence-electron chi connectivity index (χ3n) is 5.95. The molecule has 0 saturated carbocycles. The van der Waals surface area contributed by atoms with E-state index in [0.29, 0.717) is 13.0 Å². The van der Waals surface area contributed by atoms with Gasteiger partial charge in [0.05, 0.1) is 6.42 Å². The number of carboxylic acid groups (broad SMARTS) is 1. The third kappa shape index (κ3) is 2.98. The largest absolute Gasteiger partial charge is 0.478 e. The quantitative estimate of drug-likeness (QED) is 0.398. The second-order valence-corrected chi connectivity index (χ2v) is 8.56. The van der Waals surface area contributed by atoms with E-state index >= 15 is 0 Å². The molecular formula is C23H21N3O3S. The zero-order valence-corrected chi connectivity index (χ0v) is 17.0. The Labute approximate surface area is 176 Å². The molecule has 5 rings (SSSR count). The van der Waals surface area contributed by atoms with Crippen LogP contribution >= 0.6 is 11.3 Å². The van der Waals surface area contributed by atoms with Crippen molar-refractivity contribution in [3.8, 4) is 0 Å². The summed E-state index contributed by atoms with van der Waals surface area (Å²) in [4.78, 5) is 28.6. The van der Waals surface area contributed by atoms with Gasteiger partial charge in [0.15, 0.2) is 5.66 Å². The van der Waals surface area contributed by atoms with Crippen LogP contribution in [0.25, 0.3) is 21.0 Å². The van der Waals surface area contributed by atoms with E-state index in [1.165, 1.54) is 0 Å². The highest BCUT2D eigenvalue weighted by molar-refractivity contribution is 7.17. The smallest absolute Gasteiger partial charge is 0.345 e. The predicted molar refractivity (Wildman–Crippen MR) is 118 cm³/mol. The Hall–Kier alpha value is -3.16. The lowest BCUT2D eigenvalue weighted by Gasteiger charge is -2.32. The van der Waals surface area contributed by atoms with E-state index in [1.54, 1.807) is 11.3 Å². The number of amides is 1. The van der Waals surface area contributed by atoms with Crippen LogP contribution in [0.4, 0.5) is 0 Å². The van der Waals surface area contributed by atoms with Crippen LogP contribution in [0, 0.1) is 0 Å². The monoisotopic (exact) mass is 419 g/mol. The number of para-hydroxylation sites is 1. The molecule has 1 unspecified atom stereocenters. The SMILES string of the molecule is O=C(Cc1c[nH]c2ccccc12)N[C@]1(C(=O)O)NCCC1c1csc2ccccc12. The van der Waals surface area contributed by atoms with Gasteiger partial charge in [-0.15, -0.1) is 11.3 Å². The topological polar surface area (TPSA) is 94.2 Å². The van der Waals surface area contributed by atoms with Crippen LogP contribution < -0.4 is 10.6 Å². The van der Waals surface area contributed by atoms with Gasteiger partial charge in [0.2, 0.25) is 5.91 Å². The van der Waals surface area contributed by atoms with Crippen molar-refractivity contribution in [3.05, 3.63) is 71.2 Å². The molecule has 2 aromatic heterocycles. The minimum atomic E-state index is -1.52. The molecule has 0 aliphatic carbocycles. The molecule has 2 atom stereocenters. The minimum absolute atomic E-state index is 0.109. The number of hydrogen-bond donors (Lipinski definition) is 4. The number of nitrogens with one attached hydrogen (secondary N) is 3. The van der Waals surface area contributed by atoms with E-state index in [-0.39, 0.29) is 18.2 Å². The molecule has 0 bridgehead atoms. The van der Waals surface area contributed by atoms with Gasteiger partial charge < -0.3 is 15.4 Å². The number of aromatic nitrogens is 1. The van der Waals surface area contributed by atoms with Crippen LogP contribution in [0.15, 0.2) is 60.1 Å². The molecule has 3 heterocycles. The Balaban J connectivity index is 1.46. The normalized spacial score (nSPS) is 21.3. The average Bonchev–Trinajstić information content (AvgIpc) is 3.45. The lowest BCUT2D eigenvalue weighted by Crippen LogP contribution is -2.64. The van der Waals surface area contributed by atoms with Crippen LogP contribution in [0.2, 0.25) is 0 Å². The lowest BCUT2D eigenvalue weighted by atomic mass is 9.86. The Morgan fingerprint density at radius 1 is 1.13 bits per heavy atom. The Kier molecular flexibility index (Phi) is 4.56. The number of carbonyl (C=O) groups is 2. The van der Waals surface area contributed by atoms with E-state index in [1.807, 2.05) is 60.1 Å². The van der Waals surface area contributed by atoms with Gasteiger partial charge in [0.25, 0.3) is 0 Å². The van der Waals surface area contributed by atoms with E-state index < -0.39 is 11.6 Å². The first-order valence-corrected chi connectivity index (χ1v) is 10.8. The Morgan fingerprint density at radius 2 is 1.90 bits per heavy atom. The molecule has 30 heavy (non-hydrogen) atoms. The van der Waals surface area contributed by atoms with Crippen molar-refractivity contribution in [2.45, 2.75) is 24.4 Å². The molecule has 4 N–H and O–H groups in total. The fraction of sp³-hybridized carbons (Fsp3) is 0.217. The number of thiophene rings is 1. The summed E-state index contributed by atoms with van der Waals surface area (Å²) in [5.74, 6) is -1.73. The summed E-state index contributed by atoms with van der Waals surface area (Å²) in [6, 6.07) is 15.7. The van der Waals surface area contributed by atoms with E-state index in [4.69, 9.17) is 0 Å². The van der Waals surface area contributed by atoms with Gasteiger partial charge in [-0.1, -0.05) is 36.4 Å². The van der Waals surface area contributed by atoms with Crippen LogP contribution in [0.5, 0.6) is 0 Å². The number of carboxylic acids is 1. The van der Waals surface area contributed by atoms with E-state index in [9.17, 15) is 14.7 Å². The first-order valence-electron chi connectivity index (χ1n) is 9.89. The summed E-state index contributed by atoms with van der Waals surface area (Å²) >= 11 is 1.60. The summed E-state index contributed by atoms with van der Waals surface area (Å²) in [5, 5.41) is 20.1. The number of rotatable bonds is 5. The van der Waals surface area contributed by atoms with Gasteiger partial charge in [-0.05, 0) is 47.0 Å². The molecule has 1 amide bonds. The first-order chi connectivity index (χ1) is 14.6. The number of aromatic amines is 1. The molecule has 152 valence electrons. The van der Waals surface area contributed by atoms with Gasteiger partial charge in [-0.3, -0.25) is 10.1 Å². The number of H-pyrrole nitrogens is 1. The molecule has 0 radical (unpaired) electrons. The van der Waals surface area contributed by atoms with Crippen molar-refractivity contribution < 1.29 is 14.7 Å². The van der Waals surface area contributed by atoms with Gasteiger partial charge >= 0.3 is 5.97 Å². The highest BCUT2D eigenvalue weighted by Crippen LogP contribution is 2.41. The number of hydrogen-bond acceptors (Lipinski definition) is 4. The molecule has 4 aromatic rings. The molecule has 2 aromatic carbocycles. The molecule has 1 fully saturated rings. The van der Waals surface area contributed by atoms with E-state index in [2.05, 4.69) is 15.6 Å². The number of benzene rings is 2. The van der Waals surface area contributed by atoms with Crippen molar-refractivity contribution in [1.82, 2.24) is 15.6 Å². The molecule has 7 heteroatoms. The van der Waals surface area contributed by atoms with Crippen molar-refractivity contribution >= 4 is 44.2 Å². The van der Waals surface area contributed by atoms with Crippen molar-refractivity contribution in [2.75, 3.05) is 6.54 Å². The van der Waals surface area contributed by atoms with Gasteiger partial charge in [0.1, 0.15) is 0 Å². The summed E-state index contributed by atoms with van der Waals surface area (Å²) < 4.78 is 1.11. The molecule has 0 spiro atoms. The van der Waals surface area contributed by atoms with Crippen molar-refractivity contribution in [1.29, 1.82) is 0 Å². The second-order valence-electron chi connectivity index (χ2n) is 7.65. The molecule has 1 aliphatic heterocycles.